The molecule has 6 heteroatoms. The predicted molar refractivity (Wildman–Crippen MR) is 84.2 cm³/mol. The van der Waals surface area contributed by atoms with Crippen molar-refractivity contribution in [1.82, 2.24) is 0 Å². The fraction of sp³-hybridized carbons (Fsp3) is 0.176. The molecule has 1 fully saturated rings. The molecule has 0 unspecified atom stereocenters. The number of halogens is 1. The predicted octanol–water partition coefficient (Wildman–Crippen LogP) is 3.34. The van der Waals surface area contributed by atoms with Crippen LogP contribution in [-0.2, 0) is 4.74 Å². The highest BCUT2D eigenvalue weighted by Gasteiger charge is 2.23. The van der Waals surface area contributed by atoms with E-state index in [0.29, 0.717) is 30.1 Å². The van der Waals surface area contributed by atoms with Crippen LogP contribution in [0.25, 0.3) is 0 Å². The van der Waals surface area contributed by atoms with E-state index in [0.717, 1.165) is 5.56 Å². The average Bonchev–Trinajstić information content (AvgIpc) is 2.97. The number of ether oxygens (including phenoxy) is 1. The van der Waals surface area contributed by atoms with Crippen molar-refractivity contribution >= 4 is 23.4 Å². The second kappa shape index (κ2) is 6.08. The van der Waals surface area contributed by atoms with Crippen LogP contribution in [0.3, 0.4) is 0 Å². The van der Waals surface area contributed by atoms with E-state index in [-0.39, 0.29) is 5.91 Å². The summed E-state index contributed by atoms with van der Waals surface area (Å²) in [7, 11) is 0. The molecule has 1 heterocycles. The van der Waals surface area contributed by atoms with E-state index < -0.39 is 11.9 Å². The molecule has 3 rings (SSSR count). The Hall–Kier alpha value is -2.89. The number of anilines is 2. The number of carbonyl (C=O) groups is 2. The van der Waals surface area contributed by atoms with E-state index in [2.05, 4.69) is 5.32 Å². The second-order valence-electron chi connectivity index (χ2n) is 5.23. The minimum absolute atomic E-state index is 0.339. The smallest absolute Gasteiger partial charge is 0.414 e. The molecular weight excluding hydrogens is 299 g/mol. The highest BCUT2D eigenvalue weighted by molar-refractivity contribution is 6.05. The van der Waals surface area contributed by atoms with Gasteiger partial charge in [0.25, 0.3) is 5.91 Å². The maximum absolute atomic E-state index is 13.3. The van der Waals surface area contributed by atoms with Gasteiger partial charge in [-0.2, -0.15) is 0 Å². The molecule has 1 saturated heterocycles. The molecule has 1 aliphatic rings. The van der Waals surface area contributed by atoms with E-state index in [1.165, 1.54) is 17.0 Å². The first-order chi connectivity index (χ1) is 11.0. The topological polar surface area (TPSA) is 58.6 Å². The third kappa shape index (κ3) is 3.15. The molecule has 0 atom stereocenters. The van der Waals surface area contributed by atoms with Gasteiger partial charge in [-0.3, -0.25) is 9.69 Å². The number of hydrogen-bond donors (Lipinski definition) is 1. The van der Waals surface area contributed by atoms with Gasteiger partial charge in [0.15, 0.2) is 0 Å². The number of rotatable bonds is 3. The fourth-order valence-electron chi connectivity index (χ4n) is 2.34. The molecule has 118 valence electrons. The van der Waals surface area contributed by atoms with Crippen molar-refractivity contribution < 1.29 is 18.7 Å². The largest absolute Gasteiger partial charge is 0.447 e. The lowest BCUT2D eigenvalue weighted by Crippen LogP contribution is -2.23. The number of carbonyl (C=O) groups excluding carboxylic acids is 2. The Morgan fingerprint density at radius 3 is 2.61 bits per heavy atom. The SMILES string of the molecule is Cc1ccc(F)cc1NC(=O)c1ccc(N2CCOC2=O)cc1. The van der Waals surface area contributed by atoms with E-state index in [1.807, 2.05) is 0 Å². The maximum atomic E-state index is 13.3. The molecule has 1 N–H and O–H groups in total. The van der Waals surface area contributed by atoms with Gasteiger partial charge in [-0.25, -0.2) is 9.18 Å². The zero-order valence-corrected chi connectivity index (χ0v) is 12.5. The van der Waals surface area contributed by atoms with Crippen LogP contribution in [0.1, 0.15) is 15.9 Å². The third-order valence-corrected chi connectivity index (χ3v) is 3.65. The number of amides is 2. The zero-order chi connectivity index (χ0) is 16.4. The van der Waals surface area contributed by atoms with Crippen LogP contribution >= 0.6 is 0 Å². The molecule has 2 aromatic rings. The molecule has 5 nitrogen and oxygen atoms in total. The number of nitrogens with zero attached hydrogens (tertiary/aromatic N) is 1. The van der Waals surface area contributed by atoms with Crippen LogP contribution < -0.4 is 10.2 Å². The number of aryl methyl sites for hydroxylation is 1. The summed E-state index contributed by atoms with van der Waals surface area (Å²) >= 11 is 0. The summed E-state index contributed by atoms with van der Waals surface area (Å²) in [6, 6.07) is 10.8. The normalized spacial score (nSPS) is 13.8. The fourth-order valence-corrected chi connectivity index (χ4v) is 2.34. The monoisotopic (exact) mass is 314 g/mol. The number of benzene rings is 2. The minimum Gasteiger partial charge on any atom is -0.447 e. The molecule has 2 aromatic carbocycles. The van der Waals surface area contributed by atoms with Crippen molar-refractivity contribution in [2.24, 2.45) is 0 Å². The van der Waals surface area contributed by atoms with Gasteiger partial charge in [0.05, 0.1) is 6.54 Å². The Morgan fingerprint density at radius 2 is 1.96 bits per heavy atom. The van der Waals surface area contributed by atoms with Crippen molar-refractivity contribution in [3.05, 3.63) is 59.4 Å². The van der Waals surface area contributed by atoms with Gasteiger partial charge in [-0.15, -0.1) is 0 Å². The number of cyclic esters (lactones) is 1. The summed E-state index contributed by atoms with van der Waals surface area (Å²) in [6.45, 7) is 2.64. The molecular formula is C17H15FN2O3. The third-order valence-electron chi connectivity index (χ3n) is 3.65. The van der Waals surface area contributed by atoms with E-state index in [9.17, 15) is 14.0 Å². The lowest BCUT2D eigenvalue weighted by molar-refractivity contribution is 0.102. The molecule has 0 aromatic heterocycles. The first-order valence-electron chi connectivity index (χ1n) is 7.16. The Morgan fingerprint density at radius 1 is 1.22 bits per heavy atom. The van der Waals surface area contributed by atoms with Gasteiger partial charge in [0.2, 0.25) is 0 Å². The van der Waals surface area contributed by atoms with Crippen LogP contribution in [0, 0.1) is 12.7 Å². The number of nitrogens with one attached hydrogen (secondary N) is 1. The zero-order valence-electron chi connectivity index (χ0n) is 12.5. The lowest BCUT2D eigenvalue weighted by Gasteiger charge is -2.13. The summed E-state index contributed by atoms with van der Waals surface area (Å²) in [4.78, 5) is 25.2. The molecule has 0 spiro atoms. The highest BCUT2D eigenvalue weighted by atomic mass is 19.1. The lowest BCUT2D eigenvalue weighted by atomic mass is 10.1. The van der Waals surface area contributed by atoms with Crippen molar-refractivity contribution in [2.75, 3.05) is 23.4 Å². The van der Waals surface area contributed by atoms with Gasteiger partial charge in [-0.05, 0) is 48.9 Å². The summed E-state index contributed by atoms with van der Waals surface area (Å²) in [5.41, 5.74) is 2.30. The minimum atomic E-state index is -0.409. The van der Waals surface area contributed by atoms with E-state index in [4.69, 9.17) is 4.74 Å². The second-order valence-corrected chi connectivity index (χ2v) is 5.23. The highest BCUT2D eigenvalue weighted by Crippen LogP contribution is 2.21. The molecule has 1 aliphatic heterocycles. The Kier molecular flexibility index (Phi) is 3.97. The first-order valence-corrected chi connectivity index (χ1v) is 7.16. The van der Waals surface area contributed by atoms with Gasteiger partial charge in [-0.1, -0.05) is 6.07 Å². The van der Waals surface area contributed by atoms with Crippen LogP contribution in [-0.4, -0.2) is 25.2 Å². The average molecular weight is 314 g/mol. The first kappa shape index (κ1) is 15.0. The molecule has 0 saturated carbocycles. The standard InChI is InChI=1S/C17H15FN2O3/c1-11-2-5-13(18)10-15(11)19-16(21)12-3-6-14(7-4-12)20-8-9-23-17(20)22/h2-7,10H,8-9H2,1H3,(H,19,21). The summed E-state index contributed by atoms with van der Waals surface area (Å²) in [6.07, 6.45) is -0.391. The van der Waals surface area contributed by atoms with Crippen LogP contribution in [0.15, 0.2) is 42.5 Å². The maximum Gasteiger partial charge on any atom is 0.414 e. The van der Waals surface area contributed by atoms with Crippen molar-refractivity contribution in [2.45, 2.75) is 6.92 Å². The molecule has 2 amide bonds. The van der Waals surface area contributed by atoms with E-state index >= 15 is 0 Å². The number of hydrogen-bond acceptors (Lipinski definition) is 3. The van der Waals surface area contributed by atoms with Crippen molar-refractivity contribution in [1.29, 1.82) is 0 Å². The Bertz CT molecular complexity index is 759. The van der Waals surface area contributed by atoms with Gasteiger partial charge >= 0.3 is 6.09 Å². The Balaban J connectivity index is 1.75. The van der Waals surface area contributed by atoms with Crippen LogP contribution in [0.2, 0.25) is 0 Å². The Labute approximate surface area is 132 Å². The van der Waals surface area contributed by atoms with Crippen LogP contribution in [0.4, 0.5) is 20.6 Å². The molecule has 0 bridgehead atoms. The van der Waals surface area contributed by atoms with Crippen LogP contribution in [0.5, 0.6) is 0 Å². The van der Waals surface area contributed by atoms with E-state index in [1.54, 1.807) is 37.3 Å². The van der Waals surface area contributed by atoms with Gasteiger partial charge in [0, 0.05) is 16.9 Å². The summed E-state index contributed by atoms with van der Waals surface area (Å²) in [5, 5.41) is 2.68. The quantitative estimate of drug-likeness (QED) is 0.945. The molecule has 0 aliphatic carbocycles. The van der Waals surface area contributed by atoms with Gasteiger partial charge < -0.3 is 10.1 Å². The molecule has 23 heavy (non-hydrogen) atoms. The molecule has 0 radical (unpaired) electrons. The van der Waals surface area contributed by atoms with Gasteiger partial charge in [0.1, 0.15) is 12.4 Å². The summed E-state index contributed by atoms with van der Waals surface area (Å²) < 4.78 is 18.1. The summed E-state index contributed by atoms with van der Waals surface area (Å²) in [5.74, 6) is -0.747. The van der Waals surface area contributed by atoms with Crippen molar-refractivity contribution in [3.8, 4) is 0 Å². The van der Waals surface area contributed by atoms with Crippen molar-refractivity contribution in [3.63, 3.8) is 0 Å².